The monoisotopic (exact) mass is 201 g/mol. The maximum atomic E-state index is 10.9. The number of rotatable bonds is 1. The summed E-state index contributed by atoms with van der Waals surface area (Å²) in [6, 6.07) is 0. The second kappa shape index (κ2) is 2.58. The fourth-order valence-corrected chi connectivity index (χ4v) is 1.62. The third-order valence-electron chi connectivity index (χ3n) is 1.38. The molecule has 0 amide bonds. The van der Waals surface area contributed by atoms with Crippen LogP contribution in [0.15, 0.2) is 10.7 Å². The molecule has 2 nitrogen and oxygen atoms in total. The Bertz CT molecular complexity index is 245. The Morgan fingerprint density at radius 2 is 2.30 bits per heavy atom. The smallest absolute Gasteiger partial charge is 0.162 e. The predicted molar refractivity (Wildman–Crippen MR) is 43.2 cm³/mol. The Labute approximate surface area is 67.8 Å². The second-order valence-corrected chi connectivity index (χ2v) is 3.05. The number of aromatic nitrogens is 1. The molecule has 1 aromatic heterocycles. The molecular weight excluding hydrogens is 194 g/mol. The van der Waals surface area contributed by atoms with Crippen molar-refractivity contribution < 1.29 is 4.79 Å². The van der Waals surface area contributed by atoms with Crippen LogP contribution in [0, 0.1) is 6.92 Å². The molecule has 3 heteroatoms. The highest BCUT2D eigenvalue weighted by Crippen LogP contribution is 2.19. The van der Waals surface area contributed by atoms with E-state index in [0.717, 1.165) is 15.7 Å². The van der Waals surface area contributed by atoms with E-state index in [1.165, 1.54) is 0 Å². The van der Waals surface area contributed by atoms with Gasteiger partial charge in [0.25, 0.3) is 0 Å². The zero-order valence-corrected chi connectivity index (χ0v) is 7.45. The van der Waals surface area contributed by atoms with Gasteiger partial charge in [0.1, 0.15) is 0 Å². The van der Waals surface area contributed by atoms with Crippen LogP contribution in [0.3, 0.4) is 0 Å². The maximum absolute atomic E-state index is 10.9. The fourth-order valence-electron chi connectivity index (χ4n) is 0.927. The molecule has 54 valence electrons. The van der Waals surface area contributed by atoms with Gasteiger partial charge in [-0.25, -0.2) is 0 Å². The van der Waals surface area contributed by atoms with Gasteiger partial charge in [0.05, 0.1) is 5.56 Å². The lowest BCUT2D eigenvalue weighted by Crippen LogP contribution is -1.92. The van der Waals surface area contributed by atoms with E-state index in [4.69, 9.17) is 0 Å². The van der Waals surface area contributed by atoms with E-state index in [1.54, 1.807) is 13.1 Å². The highest BCUT2D eigenvalue weighted by Gasteiger charge is 2.08. The van der Waals surface area contributed by atoms with Gasteiger partial charge in [-0.2, -0.15) is 0 Å². The van der Waals surface area contributed by atoms with E-state index in [0.29, 0.717) is 0 Å². The van der Waals surface area contributed by atoms with Crippen molar-refractivity contribution in [1.29, 1.82) is 0 Å². The minimum absolute atomic E-state index is 0.0885. The highest BCUT2D eigenvalue weighted by atomic mass is 79.9. The van der Waals surface area contributed by atoms with Gasteiger partial charge < -0.3 is 4.98 Å². The Hall–Kier alpha value is -0.570. The first-order valence-corrected chi connectivity index (χ1v) is 3.76. The number of aromatic amines is 1. The molecule has 0 bridgehead atoms. The van der Waals surface area contributed by atoms with E-state index in [-0.39, 0.29) is 5.78 Å². The zero-order valence-electron chi connectivity index (χ0n) is 5.86. The van der Waals surface area contributed by atoms with Crippen molar-refractivity contribution in [2.45, 2.75) is 13.8 Å². The lowest BCUT2D eigenvalue weighted by atomic mass is 10.2. The molecule has 0 unspecified atom stereocenters. The molecule has 0 aliphatic carbocycles. The minimum Gasteiger partial charge on any atom is -0.364 e. The number of Topliss-reactive ketones (excluding diaryl/α,β-unsaturated/α-hetero) is 1. The molecule has 0 aromatic carbocycles. The molecule has 1 N–H and O–H groups in total. The largest absolute Gasteiger partial charge is 0.364 e. The van der Waals surface area contributed by atoms with E-state index < -0.39 is 0 Å². The van der Waals surface area contributed by atoms with Crippen LogP contribution >= 0.6 is 15.9 Å². The van der Waals surface area contributed by atoms with Crippen LogP contribution in [0.25, 0.3) is 0 Å². The Morgan fingerprint density at radius 1 is 1.70 bits per heavy atom. The van der Waals surface area contributed by atoms with Crippen LogP contribution < -0.4 is 0 Å². The predicted octanol–water partition coefficient (Wildman–Crippen LogP) is 2.29. The molecule has 0 aliphatic rings. The van der Waals surface area contributed by atoms with Gasteiger partial charge in [-0.3, -0.25) is 4.79 Å². The summed E-state index contributed by atoms with van der Waals surface area (Å²) in [6.07, 6.45) is 1.77. The molecule has 0 aliphatic heterocycles. The number of hydrogen-bond donors (Lipinski definition) is 1. The number of H-pyrrole nitrogens is 1. The van der Waals surface area contributed by atoms with Crippen molar-refractivity contribution >= 4 is 21.7 Å². The number of ketones is 1. The van der Waals surface area contributed by atoms with Crippen molar-refractivity contribution in [2.75, 3.05) is 0 Å². The van der Waals surface area contributed by atoms with Crippen LogP contribution in [0.2, 0.25) is 0 Å². The molecule has 0 saturated carbocycles. The van der Waals surface area contributed by atoms with Crippen molar-refractivity contribution in [3.63, 3.8) is 0 Å². The molecule has 0 spiro atoms. The van der Waals surface area contributed by atoms with E-state index in [9.17, 15) is 4.79 Å². The number of carbonyl (C=O) groups is 1. The summed E-state index contributed by atoms with van der Waals surface area (Å²) in [6.45, 7) is 3.43. The first-order chi connectivity index (χ1) is 4.63. The number of hydrogen-bond acceptors (Lipinski definition) is 1. The van der Waals surface area contributed by atoms with Crippen molar-refractivity contribution in [2.24, 2.45) is 0 Å². The summed E-state index contributed by atoms with van der Waals surface area (Å²) in [5, 5.41) is 0. The molecule has 1 rings (SSSR count). The number of aryl methyl sites for hydroxylation is 1. The van der Waals surface area contributed by atoms with Gasteiger partial charge in [0.2, 0.25) is 0 Å². The highest BCUT2D eigenvalue weighted by molar-refractivity contribution is 9.10. The number of carbonyl (C=O) groups excluding carboxylic acids is 1. The average molecular weight is 202 g/mol. The first-order valence-electron chi connectivity index (χ1n) is 2.97. The molecule has 0 radical (unpaired) electrons. The zero-order chi connectivity index (χ0) is 7.72. The van der Waals surface area contributed by atoms with E-state index >= 15 is 0 Å². The average Bonchev–Trinajstić information content (AvgIpc) is 2.11. The van der Waals surface area contributed by atoms with Crippen LogP contribution in [-0.2, 0) is 0 Å². The summed E-state index contributed by atoms with van der Waals surface area (Å²) in [5.41, 5.74) is 1.67. The molecule has 10 heavy (non-hydrogen) atoms. The van der Waals surface area contributed by atoms with Gasteiger partial charge in [-0.1, -0.05) is 0 Å². The summed E-state index contributed by atoms with van der Waals surface area (Å²) in [7, 11) is 0. The third-order valence-corrected chi connectivity index (χ3v) is 2.01. The molecule has 0 atom stereocenters. The van der Waals surface area contributed by atoms with Gasteiger partial charge in [-0.15, -0.1) is 0 Å². The maximum Gasteiger partial charge on any atom is 0.162 e. The normalized spacial score (nSPS) is 9.90. The summed E-state index contributed by atoms with van der Waals surface area (Å²) < 4.78 is 0.845. The van der Waals surface area contributed by atoms with Gasteiger partial charge in [0, 0.05) is 16.4 Å². The number of halogens is 1. The lowest BCUT2D eigenvalue weighted by Gasteiger charge is -1.91. The molecular formula is C7H8BrNO. The van der Waals surface area contributed by atoms with Crippen LogP contribution in [0.4, 0.5) is 0 Å². The summed E-state index contributed by atoms with van der Waals surface area (Å²) in [5.74, 6) is 0.0885. The SMILES string of the molecule is CC(=O)c1c(Br)c[nH]c1C. The van der Waals surface area contributed by atoms with E-state index in [2.05, 4.69) is 20.9 Å². The summed E-state index contributed by atoms with van der Waals surface area (Å²) >= 11 is 3.27. The second-order valence-electron chi connectivity index (χ2n) is 2.19. The Balaban J connectivity index is 3.23. The molecule has 0 fully saturated rings. The lowest BCUT2D eigenvalue weighted by molar-refractivity contribution is 0.101. The van der Waals surface area contributed by atoms with Crippen molar-refractivity contribution in [3.05, 3.63) is 21.9 Å². The summed E-state index contributed by atoms with van der Waals surface area (Å²) in [4.78, 5) is 13.8. The topological polar surface area (TPSA) is 32.9 Å². The van der Waals surface area contributed by atoms with Gasteiger partial charge in [0.15, 0.2) is 5.78 Å². The fraction of sp³-hybridized carbons (Fsp3) is 0.286. The van der Waals surface area contributed by atoms with Gasteiger partial charge in [-0.05, 0) is 29.8 Å². The molecule has 1 heterocycles. The third kappa shape index (κ3) is 1.14. The van der Waals surface area contributed by atoms with Gasteiger partial charge >= 0.3 is 0 Å². The van der Waals surface area contributed by atoms with Crippen molar-refractivity contribution in [3.8, 4) is 0 Å². The van der Waals surface area contributed by atoms with Crippen LogP contribution in [-0.4, -0.2) is 10.8 Å². The van der Waals surface area contributed by atoms with E-state index in [1.807, 2.05) is 6.92 Å². The first kappa shape index (κ1) is 7.54. The Morgan fingerprint density at radius 3 is 2.50 bits per heavy atom. The molecule has 1 aromatic rings. The van der Waals surface area contributed by atoms with Crippen molar-refractivity contribution in [1.82, 2.24) is 4.98 Å². The Kier molecular flexibility index (Phi) is 1.94. The standard InChI is InChI=1S/C7H8BrNO/c1-4-7(5(2)10)6(8)3-9-4/h3,9H,1-2H3. The minimum atomic E-state index is 0.0885. The number of nitrogens with one attached hydrogen (secondary N) is 1. The van der Waals surface area contributed by atoms with Crippen LogP contribution in [0.5, 0.6) is 0 Å². The molecule has 0 saturated heterocycles. The quantitative estimate of drug-likeness (QED) is 0.696. The van der Waals surface area contributed by atoms with Crippen LogP contribution in [0.1, 0.15) is 23.0 Å².